The molecule has 5 heteroatoms. The second-order valence-electron chi connectivity index (χ2n) is 3.87. The van der Waals surface area contributed by atoms with E-state index in [9.17, 15) is 8.42 Å². The lowest BCUT2D eigenvalue weighted by molar-refractivity contribution is 0.388. The average molecular weight is 214 g/mol. The van der Waals surface area contributed by atoms with E-state index < -0.39 is 10.0 Å². The number of sulfonamides is 1. The topological polar surface area (TPSA) is 61.2 Å². The molecule has 0 spiro atoms. The molecule has 14 heavy (non-hydrogen) atoms. The number of hydrogen-bond acceptors (Lipinski definition) is 3. The third kappa shape index (κ3) is 2.56. The smallest absolute Gasteiger partial charge is 0.212 e. The second-order valence-corrected chi connectivity index (χ2v) is 5.89. The Bertz CT molecular complexity index is 368. The Morgan fingerprint density at radius 2 is 2.14 bits per heavy atom. The summed E-state index contributed by atoms with van der Waals surface area (Å²) < 4.78 is 24.6. The number of nitriles is 1. The maximum atomic E-state index is 11.6. The van der Waals surface area contributed by atoms with Crippen LogP contribution in [-0.4, -0.2) is 31.6 Å². The molecule has 1 heterocycles. The van der Waals surface area contributed by atoms with E-state index in [4.69, 9.17) is 5.26 Å². The van der Waals surface area contributed by atoms with E-state index in [0.29, 0.717) is 13.1 Å². The SMILES string of the molecule is CC(C)CS(=O)(=O)N1CC(=CC#N)C1. The Balaban J connectivity index is 2.55. The molecular weight excluding hydrogens is 200 g/mol. The van der Waals surface area contributed by atoms with Crippen molar-refractivity contribution in [1.29, 1.82) is 5.26 Å². The van der Waals surface area contributed by atoms with Gasteiger partial charge in [0.05, 0.1) is 11.8 Å². The molecule has 1 aliphatic heterocycles. The molecule has 0 unspecified atom stereocenters. The van der Waals surface area contributed by atoms with Gasteiger partial charge in [-0.05, 0) is 11.5 Å². The van der Waals surface area contributed by atoms with Gasteiger partial charge in [-0.1, -0.05) is 13.8 Å². The minimum Gasteiger partial charge on any atom is -0.212 e. The van der Waals surface area contributed by atoms with Crippen LogP contribution in [0.2, 0.25) is 0 Å². The van der Waals surface area contributed by atoms with E-state index in [2.05, 4.69) is 0 Å². The standard InChI is InChI=1S/C9H14N2O2S/c1-8(2)7-14(12,13)11-5-9(6-11)3-4-10/h3,8H,5-7H2,1-2H3. The van der Waals surface area contributed by atoms with Gasteiger partial charge in [-0.3, -0.25) is 0 Å². The van der Waals surface area contributed by atoms with Crippen LogP contribution in [0.4, 0.5) is 0 Å². The number of nitrogens with zero attached hydrogens (tertiary/aromatic N) is 2. The van der Waals surface area contributed by atoms with E-state index in [-0.39, 0.29) is 11.7 Å². The molecule has 0 saturated carbocycles. The summed E-state index contributed by atoms with van der Waals surface area (Å²) >= 11 is 0. The zero-order chi connectivity index (χ0) is 10.8. The van der Waals surface area contributed by atoms with Gasteiger partial charge in [0, 0.05) is 19.2 Å². The minimum atomic E-state index is -3.09. The molecule has 0 aromatic rings. The second kappa shape index (κ2) is 4.11. The van der Waals surface area contributed by atoms with Crippen molar-refractivity contribution < 1.29 is 8.42 Å². The highest BCUT2D eigenvalue weighted by Gasteiger charge is 2.31. The van der Waals surface area contributed by atoms with Crippen LogP contribution in [0.5, 0.6) is 0 Å². The zero-order valence-electron chi connectivity index (χ0n) is 8.40. The van der Waals surface area contributed by atoms with Crippen molar-refractivity contribution in [2.24, 2.45) is 5.92 Å². The quantitative estimate of drug-likeness (QED) is 0.651. The Labute approximate surface area is 84.9 Å². The first-order chi connectivity index (χ1) is 6.45. The van der Waals surface area contributed by atoms with Crippen molar-refractivity contribution in [1.82, 2.24) is 4.31 Å². The molecular formula is C9H14N2O2S. The Kier molecular flexibility index (Phi) is 3.29. The van der Waals surface area contributed by atoms with Crippen LogP contribution in [-0.2, 0) is 10.0 Å². The highest BCUT2D eigenvalue weighted by atomic mass is 32.2. The summed E-state index contributed by atoms with van der Waals surface area (Å²) in [5.41, 5.74) is 0.889. The van der Waals surface area contributed by atoms with Crippen molar-refractivity contribution in [2.75, 3.05) is 18.8 Å². The van der Waals surface area contributed by atoms with Gasteiger partial charge in [-0.25, -0.2) is 8.42 Å². The normalized spacial score (nSPS) is 17.7. The molecule has 78 valence electrons. The molecule has 4 nitrogen and oxygen atoms in total. The van der Waals surface area contributed by atoms with Gasteiger partial charge in [-0.2, -0.15) is 9.57 Å². The van der Waals surface area contributed by atoms with Gasteiger partial charge in [0.2, 0.25) is 10.0 Å². The molecule has 1 fully saturated rings. The van der Waals surface area contributed by atoms with Gasteiger partial charge in [-0.15, -0.1) is 0 Å². The maximum absolute atomic E-state index is 11.6. The van der Waals surface area contributed by atoms with Crippen LogP contribution in [0.25, 0.3) is 0 Å². The van der Waals surface area contributed by atoms with E-state index in [1.165, 1.54) is 10.4 Å². The van der Waals surface area contributed by atoms with E-state index >= 15 is 0 Å². The van der Waals surface area contributed by atoms with Gasteiger partial charge in [0.1, 0.15) is 0 Å². The molecule has 0 atom stereocenters. The highest BCUT2D eigenvalue weighted by molar-refractivity contribution is 7.89. The van der Waals surface area contributed by atoms with Crippen molar-refractivity contribution in [2.45, 2.75) is 13.8 Å². The summed E-state index contributed by atoms with van der Waals surface area (Å²) in [6.07, 6.45) is 1.42. The summed E-state index contributed by atoms with van der Waals surface area (Å²) in [5, 5.41) is 8.34. The lowest BCUT2D eigenvalue weighted by Gasteiger charge is -2.32. The van der Waals surface area contributed by atoms with Crippen LogP contribution in [0.1, 0.15) is 13.8 Å². The first-order valence-electron chi connectivity index (χ1n) is 4.51. The number of allylic oxidation sites excluding steroid dienone is 1. The Morgan fingerprint density at radius 1 is 1.57 bits per heavy atom. The fraction of sp³-hybridized carbons (Fsp3) is 0.667. The number of hydrogen-bond donors (Lipinski definition) is 0. The van der Waals surface area contributed by atoms with Gasteiger partial charge >= 0.3 is 0 Å². The van der Waals surface area contributed by atoms with Crippen molar-refractivity contribution in [3.05, 3.63) is 11.6 Å². The summed E-state index contributed by atoms with van der Waals surface area (Å²) in [5.74, 6) is 0.330. The minimum absolute atomic E-state index is 0.143. The summed E-state index contributed by atoms with van der Waals surface area (Å²) in [4.78, 5) is 0. The Morgan fingerprint density at radius 3 is 2.57 bits per heavy atom. The molecule has 1 rings (SSSR count). The summed E-state index contributed by atoms with van der Waals surface area (Å²) in [6, 6.07) is 1.90. The van der Waals surface area contributed by atoms with E-state index in [1.807, 2.05) is 19.9 Å². The monoisotopic (exact) mass is 214 g/mol. The first-order valence-corrected chi connectivity index (χ1v) is 6.12. The molecule has 0 bridgehead atoms. The zero-order valence-corrected chi connectivity index (χ0v) is 9.21. The molecule has 0 aliphatic carbocycles. The first kappa shape index (κ1) is 11.2. The third-order valence-corrected chi connectivity index (χ3v) is 4.10. The fourth-order valence-electron chi connectivity index (χ4n) is 1.31. The van der Waals surface area contributed by atoms with Gasteiger partial charge in [0.25, 0.3) is 0 Å². The van der Waals surface area contributed by atoms with Crippen molar-refractivity contribution in [3.63, 3.8) is 0 Å². The third-order valence-electron chi connectivity index (χ3n) is 1.96. The highest BCUT2D eigenvalue weighted by Crippen LogP contribution is 2.19. The number of rotatable bonds is 3. The molecule has 0 radical (unpaired) electrons. The Hall–Kier alpha value is -0.860. The largest absolute Gasteiger partial charge is 0.214 e. The molecule has 1 saturated heterocycles. The lowest BCUT2D eigenvalue weighted by atomic mass is 10.1. The molecule has 0 N–H and O–H groups in total. The average Bonchev–Trinajstić information content (AvgIpc) is 1.92. The van der Waals surface area contributed by atoms with Crippen molar-refractivity contribution in [3.8, 4) is 6.07 Å². The molecule has 0 amide bonds. The van der Waals surface area contributed by atoms with E-state index in [1.54, 1.807) is 0 Å². The van der Waals surface area contributed by atoms with Gasteiger partial charge < -0.3 is 0 Å². The van der Waals surface area contributed by atoms with Gasteiger partial charge in [0.15, 0.2) is 0 Å². The van der Waals surface area contributed by atoms with Crippen molar-refractivity contribution >= 4 is 10.0 Å². The molecule has 1 aliphatic rings. The molecule has 0 aromatic heterocycles. The van der Waals surface area contributed by atoms with Crippen LogP contribution in [0.3, 0.4) is 0 Å². The predicted molar refractivity (Wildman–Crippen MR) is 53.9 cm³/mol. The summed E-state index contributed by atoms with van der Waals surface area (Å²) in [7, 11) is -3.09. The van der Waals surface area contributed by atoms with Crippen LogP contribution in [0.15, 0.2) is 11.6 Å². The summed E-state index contributed by atoms with van der Waals surface area (Å²) in [6.45, 7) is 4.54. The maximum Gasteiger partial charge on any atom is 0.214 e. The van der Waals surface area contributed by atoms with Crippen LogP contribution in [0, 0.1) is 17.2 Å². The predicted octanol–water partition coefficient (Wildman–Crippen LogP) is 0.738. The molecule has 0 aromatic carbocycles. The lowest BCUT2D eigenvalue weighted by Crippen LogP contribution is -2.46. The fourth-order valence-corrected chi connectivity index (χ4v) is 3.09. The van der Waals surface area contributed by atoms with Crippen LogP contribution < -0.4 is 0 Å². The van der Waals surface area contributed by atoms with E-state index in [0.717, 1.165) is 5.57 Å². The van der Waals surface area contributed by atoms with Crippen LogP contribution >= 0.6 is 0 Å².